The van der Waals surface area contributed by atoms with Crippen molar-refractivity contribution in [2.75, 3.05) is 0 Å². The second-order valence-corrected chi connectivity index (χ2v) is 15.3. The van der Waals surface area contributed by atoms with Crippen molar-refractivity contribution < 1.29 is 19.4 Å². The van der Waals surface area contributed by atoms with Gasteiger partial charge in [0.05, 0.1) is 0 Å². The Kier molecular flexibility index (Phi) is 6.33. The zero-order valence-electron chi connectivity index (χ0n) is 24.8. The third kappa shape index (κ3) is 3.45. The first-order valence-corrected chi connectivity index (χ1v) is 15.3. The van der Waals surface area contributed by atoms with Gasteiger partial charge in [-0.25, -0.2) is 0 Å². The maximum atomic E-state index is 12.9. The van der Waals surface area contributed by atoms with Crippen LogP contribution in [-0.2, 0) is 14.3 Å². The van der Waals surface area contributed by atoms with Crippen molar-refractivity contribution in [3.8, 4) is 0 Å². The Labute approximate surface area is 225 Å². The lowest BCUT2D eigenvalue weighted by Crippen LogP contribution is -2.66. The molecule has 4 fully saturated rings. The monoisotopic (exact) mass is 512 g/mol. The summed E-state index contributed by atoms with van der Waals surface area (Å²) in [5.74, 6) is 1.56. The first-order valence-electron chi connectivity index (χ1n) is 15.3. The van der Waals surface area contributed by atoms with Crippen LogP contribution in [0.3, 0.4) is 0 Å². The Morgan fingerprint density at radius 2 is 1.65 bits per heavy atom. The minimum Gasteiger partial charge on any atom is -0.481 e. The lowest BCUT2D eigenvalue weighted by atomic mass is 9.33. The van der Waals surface area contributed by atoms with Gasteiger partial charge in [0, 0.05) is 6.42 Å². The van der Waals surface area contributed by atoms with Gasteiger partial charge in [-0.1, -0.05) is 60.1 Å². The molecule has 0 bridgehead atoms. The third-order valence-corrected chi connectivity index (χ3v) is 14.0. The van der Waals surface area contributed by atoms with E-state index in [0.29, 0.717) is 23.7 Å². The Morgan fingerprint density at radius 1 is 0.946 bits per heavy atom. The van der Waals surface area contributed by atoms with E-state index in [0.717, 1.165) is 37.5 Å². The largest absolute Gasteiger partial charge is 0.481 e. The first-order chi connectivity index (χ1) is 17.2. The maximum absolute atomic E-state index is 12.9. The molecule has 1 N–H and O–H groups in total. The van der Waals surface area contributed by atoms with Crippen LogP contribution < -0.4 is 0 Å². The van der Waals surface area contributed by atoms with Crippen LogP contribution in [0.25, 0.3) is 0 Å². The van der Waals surface area contributed by atoms with Gasteiger partial charge >= 0.3 is 11.9 Å². The maximum Gasteiger partial charge on any atom is 0.313 e. The molecular weight excluding hydrogens is 460 g/mol. The van der Waals surface area contributed by atoms with E-state index in [2.05, 4.69) is 47.6 Å². The number of esters is 1. The van der Waals surface area contributed by atoms with Gasteiger partial charge in [-0.05, 0) is 116 Å². The Hall–Kier alpha value is -1.32. The molecule has 0 aromatic carbocycles. The number of carbonyl (C=O) groups excluding carboxylic acids is 1. The Balaban J connectivity index is 1.55. The zero-order chi connectivity index (χ0) is 27.2. The van der Waals surface area contributed by atoms with E-state index in [9.17, 15) is 14.7 Å². The summed E-state index contributed by atoms with van der Waals surface area (Å²) >= 11 is 0. The molecule has 11 atom stereocenters. The number of hydrogen-bond acceptors (Lipinski definition) is 3. The van der Waals surface area contributed by atoms with Gasteiger partial charge < -0.3 is 9.84 Å². The van der Waals surface area contributed by atoms with Crippen LogP contribution >= 0.6 is 0 Å². The molecular formula is C33H52O4. The summed E-state index contributed by atoms with van der Waals surface area (Å²) in [7, 11) is 0. The molecule has 0 radical (unpaired) electrons. The number of ether oxygens (including phenoxy) is 1. The molecule has 5 rings (SSSR count). The highest BCUT2D eigenvalue weighted by molar-refractivity contribution is 5.77. The van der Waals surface area contributed by atoms with Gasteiger partial charge in [0.25, 0.3) is 0 Å². The van der Waals surface area contributed by atoms with Crippen LogP contribution in [0.5, 0.6) is 0 Å². The van der Waals surface area contributed by atoms with Gasteiger partial charge in [-0.3, -0.25) is 9.59 Å². The summed E-state index contributed by atoms with van der Waals surface area (Å²) in [6, 6.07) is 0. The van der Waals surface area contributed by atoms with E-state index in [1.165, 1.54) is 25.7 Å². The van der Waals surface area contributed by atoms with E-state index in [-0.39, 0.29) is 34.6 Å². The molecule has 4 nitrogen and oxygen atoms in total. The van der Waals surface area contributed by atoms with Crippen LogP contribution in [0, 0.1) is 56.7 Å². The molecule has 0 spiro atoms. The standard InChI is InChI=1S/C33H52O4/c1-9-26(34)37-25-14-16-30(5)23-11-10-22-27-21(3)20(2)12-15-29(27,4)18-19-31(22,6)32(23,7)17-13-24(30)33(25,8)28(35)36/h10,20-21,23-25,27H,9,11-19H2,1-8H3,(H,35,36)/t20-,21+,23?,24?,25-,27?,29-,30-,31-,32-,33-/m1/s1. The number of carboxylic acid groups (broad SMARTS) is 1. The Bertz CT molecular complexity index is 1000. The second-order valence-electron chi connectivity index (χ2n) is 15.3. The predicted octanol–water partition coefficient (Wildman–Crippen LogP) is 8.05. The highest BCUT2D eigenvalue weighted by Crippen LogP contribution is 2.75. The average Bonchev–Trinajstić information content (AvgIpc) is 2.84. The summed E-state index contributed by atoms with van der Waals surface area (Å²) in [6.45, 7) is 18.8. The van der Waals surface area contributed by atoms with Crippen molar-refractivity contribution >= 4 is 11.9 Å². The van der Waals surface area contributed by atoms with Crippen LogP contribution in [0.1, 0.15) is 120 Å². The Morgan fingerprint density at radius 3 is 2.30 bits per heavy atom. The average molecular weight is 513 g/mol. The van der Waals surface area contributed by atoms with E-state index in [1.807, 2.05) is 6.92 Å². The van der Waals surface area contributed by atoms with Gasteiger partial charge in [-0.2, -0.15) is 0 Å². The number of aliphatic carboxylic acids is 1. The quantitative estimate of drug-likeness (QED) is 0.307. The zero-order valence-corrected chi connectivity index (χ0v) is 24.8. The van der Waals surface area contributed by atoms with Crippen LogP contribution in [0.15, 0.2) is 11.6 Å². The van der Waals surface area contributed by atoms with Gasteiger partial charge in [0.1, 0.15) is 11.5 Å². The van der Waals surface area contributed by atoms with Crippen molar-refractivity contribution in [1.82, 2.24) is 0 Å². The normalized spacial score (nSPS) is 53.0. The van der Waals surface area contributed by atoms with Crippen LogP contribution in [-0.4, -0.2) is 23.1 Å². The van der Waals surface area contributed by atoms with Crippen molar-refractivity contribution in [3.63, 3.8) is 0 Å². The smallest absolute Gasteiger partial charge is 0.313 e. The lowest BCUT2D eigenvalue weighted by molar-refractivity contribution is -0.223. The van der Waals surface area contributed by atoms with Crippen molar-refractivity contribution in [3.05, 3.63) is 11.6 Å². The minimum absolute atomic E-state index is 0.0139. The minimum atomic E-state index is -1.04. The van der Waals surface area contributed by atoms with Crippen LogP contribution in [0.2, 0.25) is 0 Å². The molecule has 0 saturated heterocycles. The van der Waals surface area contributed by atoms with Gasteiger partial charge in [-0.15, -0.1) is 0 Å². The summed E-state index contributed by atoms with van der Waals surface area (Å²) in [5, 5.41) is 10.6. The van der Waals surface area contributed by atoms with Crippen molar-refractivity contribution in [2.45, 2.75) is 126 Å². The fourth-order valence-electron chi connectivity index (χ4n) is 11.2. The molecule has 0 aromatic rings. The third-order valence-electron chi connectivity index (χ3n) is 14.0. The van der Waals surface area contributed by atoms with Crippen molar-refractivity contribution in [1.29, 1.82) is 0 Å². The molecule has 0 heterocycles. The molecule has 0 amide bonds. The number of carbonyl (C=O) groups is 2. The number of allylic oxidation sites excluding steroid dienone is 2. The fourth-order valence-corrected chi connectivity index (χ4v) is 11.2. The molecule has 5 aliphatic rings. The van der Waals surface area contributed by atoms with E-state index >= 15 is 0 Å². The predicted molar refractivity (Wildman–Crippen MR) is 147 cm³/mol. The molecule has 37 heavy (non-hydrogen) atoms. The van der Waals surface area contributed by atoms with E-state index < -0.39 is 17.5 Å². The van der Waals surface area contributed by atoms with Crippen molar-refractivity contribution in [2.24, 2.45) is 56.7 Å². The summed E-state index contributed by atoms with van der Waals surface area (Å²) in [5.41, 5.74) is 1.40. The summed E-state index contributed by atoms with van der Waals surface area (Å²) in [4.78, 5) is 25.2. The molecule has 0 aliphatic heterocycles. The fraction of sp³-hybridized carbons (Fsp3) is 0.879. The van der Waals surface area contributed by atoms with Crippen LogP contribution in [0.4, 0.5) is 0 Å². The molecule has 5 aliphatic carbocycles. The second kappa shape index (κ2) is 8.59. The molecule has 208 valence electrons. The highest BCUT2D eigenvalue weighted by Gasteiger charge is 2.70. The lowest BCUT2D eigenvalue weighted by Gasteiger charge is -2.71. The van der Waals surface area contributed by atoms with E-state index in [1.54, 1.807) is 12.5 Å². The first kappa shape index (κ1) is 27.3. The number of rotatable bonds is 3. The molecule has 0 aromatic heterocycles. The summed E-state index contributed by atoms with van der Waals surface area (Å²) in [6.07, 6.45) is 12.3. The highest BCUT2D eigenvalue weighted by atomic mass is 16.5. The topological polar surface area (TPSA) is 63.6 Å². The SMILES string of the molecule is CCC(=O)O[C@@H]1CC[C@@]2(C)C(CC[C@]3(C)C2CC=C2C4[C@@H](C)[C@H](C)CC[C@]4(C)CC[C@]23C)[C@@]1(C)C(=O)O. The van der Waals surface area contributed by atoms with Gasteiger partial charge in [0.15, 0.2) is 0 Å². The molecule has 4 heteroatoms. The molecule has 3 unspecified atom stereocenters. The molecule has 4 saturated carbocycles. The van der Waals surface area contributed by atoms with Gasteiger partial charge in [0.2, 0.25) is 0 Å². The van der Waals surface area contributed by atoms with E-state index in [4.69, 9.17) is 4.74 Å². The number of fused-ring (bicyclic) bond motifs is 7. The summed E-state index contributed by atoms with van der Waals surface area (Å²) < 4.78 is 5.84. The number of carboxylic acids is 1. The number of hydrogen-bond donors (Lipinski definition) is 1.